The van der Waals surface area contributed by atoms with Gasteiger partial charge in [0.25, 0.3) is 0 Å². The van der Waals surface area contributed by atoms with E-state index in [4.69, 9.17) is 25.8 Å². The standard InChI is InChI=1S/C25H26ClNO4/c1-4-30-25(28)18-9-11-21(12-10-18)27-15-20-13-23(29-3)24(14-22(20)26)31-16-19-8-6-5-7-17(19)2/h5-14,27H,4,15-16H2,1-3H3. The number of hydrogen-bond donors (Lipinski definition) is 1. The zero-order chi connectivity index (χ0) is 22.2. The van der Waals surface area contributed by atoms with Gasteiger partial charge in [0.1, 0.15) is 6.61 Å². The maximum Gasteiger partial charge on any atom is 0.338 e. The van der Waals surface area contributed by atoms with Crippen molar-refractivity contribution < 1.29 is 19.0 Å². The van der Waals surface area contributed by atoms with E-state index >= 15 is 0 Å². The topological polar surface area (TPSA) is 56.8 Å². The molecule has 0 fully saturated rings. The molecule has 5 nitrogen and oxygen atoms in total. The summed E-state index contributed by atoms with van der Waals surface area (Å²) in [5, 5.41) is 3.88. The van der Waals surface area contributed by atoms with Crippen LogP contribution in [0.3, 0.4) is 0 Å². The summed E-state index contributed by atoms with van der Waals surface area (Å²) in [4.78, 5) is 11.8. The van der Waals surface area contributed by atoms with E-state index in [0.717, 1.165) is 16.8 Å². The maximum absolute atomic E-state index is 11.8. The second-order valence-corrected chi connectivity index (χ2v) is 7.37. The summed E-state index contributed by atoms with van der Waals surface area (Å²) in [6.07, 6.45) is 0. The molecule has 1 N–H and O–H groups in total. The number of nitrogens with one attached hydrogen (secondary N) is 1. The molecule has 3 aromatic rings. The van der Waals surface area contributed by atoms with E-state index in [-0.39, 0.29) is 5.97 Å². The minimum Gasteiger partial charge on any atom is -0.493 e. The largest absolute Gasteiger partial charge is 0.493 e. The average Bonchev–Trinajstić information content (AvgIpc) is 2.78. The van der Waals surface area contributed by atoms with Crippen LogP contribution >= 0.6 is 11.6 Å². The normalized spacial score (nSPS) is 10.5. The molecule has 0 amide bonds. The summed E-state index contributed by atoms with van der Waals surface area (Å²) in [5.41, 5.74) is 4.53. The number of anilines is 1. The molecule has 0 saturated heterocycles. The first-order chi connectivity index (χ1) is 15.0. The molecule has 0 heterocycles. The number of methoxy groups -OCH3 is 1. The lowest BCUT2D eigenvalue weighted by atomic mass is 10.1. The Morgan fingerprint density at radius 3 is 2.42 bits per heavy atom. The lowest BCUT2D eigenvalue weighted by Crippen LogP contribution is -2.05. The van der Waals surface area contributed by atoms with Crippen LogP contribution in [-0.2, 0) is 17.9 Å². The molecule has 3 aromatic carbocycles. The highest BCUT2D eigenvalue weighted by molar-refractivity contribution is 6.31. The van der Waals surface area contributed by atoms with Crippen LogP contribution in [0, 0.1) is 6.92 Å². The quantitative estimate of drug-likeness (QED) is 0.413. The van der Waals surface area contributed by atoms with E-state index in [9.17, 15) is 4.79 Å². The second-order valence-electron chi connectivity index (χ2n) is 6.96. The van der Waals surface area contributed by atoms with Crippen LogP contribution in [0.2, 0.25) is 5.02 Å². The van der Waals surface area contributed by atoms with E-state index < -0.39 is 0 Å². The zero-order valence-electron chi connectivity index (χ0n) is 17.9. The van der Waals surface area contributed by atoms with Crippen molar-refractivity contribution in [1.29, 1.82) is 0 Å². The molecule has 0 aromatic heterocycles. The van der Waals surface area contributed by atoms with E-state index in [1.54, 1.807) is 32.2 Å². The summed E-state index contributed by atoms with van der Waals surface area (Å²) in [7, 11) is 1.61. The van der Waals surface area contributed by atoms with Crippen molar-refractivity contribution in [1.82, 2.24) is 0 Å². The number of carbonyl (C=O) groups excluding carboxylic acids is 1. The van der Waals surface area contributed by atoms with Crippen molar-refractivity contribution in [2.75, 3.05) is 19.0 Å². The summed E-state index contributed by atoms with van der Waals surface area (Å²) < 4.78 is 16.5. The molecule has 0 unspecified atom stereocenters. The number of benzene rings is 3. The number of halogens is 1. The molecule has 0 radical (unpaired) electrons. The van der Waals surface area contributed by atoms with Crippen molar-refractivity contribution >= 4 is 23.3 Å². The van der Waals surface area contributed by atoms with Crippen LogP contribution in [0.4, 0.5) is 5.69 Å². The van der Waals surface area contributed by atoms with Crippen LogP contribution in [0.5, 0.6) is 11.5 Å². The van der Waals surface area contributed by atoms with Gasteiger partial charge in [-0.05, 0) is 60.9 Å². The number of aryl methyl sites for hydroxylation is 1. The van der Waals surface area contributed by atoms with Gasteiger partial charge in [-0.1, -0.05) is 35.9 Å². The summed E-state index contributed by atoms with van der Waals surface area (Å²) in [6, 6.07) is 18.8. The molecule has 31 heavy (non-hydrogen) atoms. The smallest absolute Gasteiger partial charge is 0.338 e. The first-order valence-electron chi connectivity index (χ1n) is 10.1. The number of esters is 1. The summed E-state index contributed by atoms with van der Waals surface area (Å²) in [6.45, 7) is 5.11. The molecule has 0 spiro atoms. The van der Waals surface area contributed by atoms with E-state index in [1.807, 2.05) is 36.4 Å². The van der Waals surface area contributed by atoms with Crippen LogP contribution in [-0.4, -0.2) is 19.7 Å². The van der Waals surface area contributed by atoms with Crippen molar-refractivity contribution in [2.45, 2.75) is 27.0 Å². The molecule has 0 atom stereocenters. The van der Waals surface area contributed by atoms with Gasteiger partial charge in [0.2, 0.25) is 0 Å². The fourth-order valence-corrected chi connectivity index (χ4v) is 3.27. The van der Waals surface area contributed by atoms with Gasteiger partial charge in [-0.3, -0.25) is 0 Å². The van der Waals surface area contributed by atoms with Gasteiger partial charge in [-0.25, -0.2) is 4.79 Å². The Morgan fingerprint density at radius 2 is 1.74 bits per heavy atom. The van der Waals surface area contributed by atoms with Crippen molar-refractivity contribution in [3.63, 3.8) is 0 Å². The number of rotatable bonds is 9. The fourth-order valence-electron chi connectivity index (χ4n) is 3.05. The Bertz CT molecular complexity index is 1030. The third-order valence-corrected chi connectivity index (χ3v) is 5.21. The predicted octanol–water partition coefficient (Wildman–Crippen LogP) is 6.02. The predicted molar refractivity (Wildman–Crippen MR) is 123 cm³/mol. The zero-order valence-corrected chi connectivity index (χ0v) is 18.7. The minimum absolute atomic E-state index is 0.330. The van der Waals surface area contributed by atoms with Crippen molar-refractivity contribution in [3.8, 4) is 11.5 Å². The van der Waals surface area contributed by atoms with Gasteiger partial charge in [0.15, 0.2) is 11.5 Å². The molecule has 0 aliphatic heterocycles. The third-order valence-electron chi connectivity index (χ3n) is 4.86. The van der Waals surface area contributed by atoms with Gasteiger partial charge in [-0.2, -0.15) is 0 Å². The Hall–Kier alpha value is -3.18. The molecule has 6 heteroatoms. The molecular weight excluding hydrogens is 414 g/mol. The Morgan fingerprint density at radius 1 is 1.00 bits per heavy atom. The number of carbonyl (C=O) groups is 1. The van der Waals surface area contributed by atoms with Crippen LogP contribution in [0.25, 0.3) is 0 Å². The fraction of sp³-hybridized carbons (Fsp3) is 0.240. The second kappa shape index (κ2) is 10.7. The first kappa shape index (κ1) is 22.5. The highest BCUT2D eigenvalue weighted by Crippen LogP contribution is 2.34. The Balaban J connectivity index is 1.67. The molecule has 0 saturated carbocycles. The lowest BCUT2D eigenvalue weighted by molar-refractivity contribution is 0.0526. The molecule has 0 aliphatic carbocycles. The van der Waals surface area contributed by atoms with Gasteiger partial charge in [0.05, 0.1) is 19.3 Å². The molecular formula is C25H26ClNO4. The Kier molecular flexibility index (Phi) is 7.79. The number of ether oxygens (including phenoxy) is 3. The minimum atomic E-state index is -0.330. The number of hydrogen-bond acceptors (Lipinski definition) is 5. The van der Waals surface area contributed by atoms with Crippen LogP contribution in [0.15, 0.2) is 60.7 Å². The van der Waals surface area contributed by atoms with Gasteiger partial charge < -0.3 is 19.5 Å². The monoisotopic (exact) mass is 439 g/mol. The van der Waals surface area contributed by atoms with Gasteiger partial charge in [-0.15, -0.1) is 0 Å². The average molecular weight is 440 g/mol. The first-order valence-corrected chi connectivity index (χ1v) is 10.4. The van der Waals surface area contributed by atoms with Crippen LogP contribution < -0.4 is 14.8 Å². The highest BCUT2D eigenvalue weighted by atomic mass is 35.5. The van der Waals surface area contributed by atoms with Gasteiger partial charge >= 0.3 is 5.97 Å². The summed E-state index contributed by atoms with van der Waals surface area (Å²) in [5.74, 6) is 0.883. The lowest BCUT2D eigenvalue weighted by Gasteiger charge is -2.15. The maximum atomic E-state index is 11.8. The SMILES string of the molecule is CCOC(=O)c1ccc(NCc2cc(OC)c(OCc3ccccc3C)cc2Cl)cc1. The summed E-state index contributed by atoms with van der Waals surface area (Å²) >= 11 is 6.50. The van der Waals surface area contributed by atoms with E-state index in [2.05, 4.69) is 18.3 Å². The molecule has 0 aliphatic rings. The highest BCUT2D eigenvalue weighted by Gasteiger charge is 2.12. The van der Waals surface area contributed by atoms with Crippen LogP contribution in [0.1, 0.15) is 34.0 Å². The van der Waals surface area contributed by atoms with E-state index in [1.165, 1.54) is 5.56 Å². The van der Waals surface area contributed by atoms with E-state index in [0.29, 0.717) is 41.8 Å². The van der Waals surface area contributed by atoms with Gasteiger partial charge in [0, 0.05) is 23.3 Å². The Labute approximate surface area is 187 Å². The van der Waals surface area contributed by atoms with Crippen molar-refractivity contribution in [3.05, 3.63) is 87.9 Å². The molecule has 3 rings (SSSR count). The third kappa shape index (κ3) is 5.92. The van der Waals surface area contributed by atoms with Crippen molar-refractivity contribution in [2.24, 2.45) is 0 Å². The molecule has 0 bridgehead atoms. The molecule has 162 valence electrons.